The Labute approximate surface area is 105 Å². The van der Waals surface area contributed by atoms with Crippen LogP contribution in [0.3, 0.4) is 0 Å². The lowest BCUT2D eigenvalue weighted by Crippen LogP contribution is -2.41. The summed E-state index contributed by atoms with van der Waals surface area (Å²) in [5, 5.41) is 18.6. The van der Waals surface area contributed by atoms with Crippen LogP contribution in [0.1, 0.15) is 32.1 Å². The van der Waals surface area contributed by atoms with E-state index in [4.69, 9.17) is 19.3 Å². The van der Waals surface area contributed by atoms with E-state index < -0.39 is 42.8 Å². The molecule has 3 fully saturated rings. The number of carbonyl (C=O) groups excluding carboxylic acids is 1. The van der Waals surface area contributed by atoms with E-state index in [-0.39, 0.29) is 0 Å². The molecule has 6 nitrogen and oxygen atoms in total. The van der Waals surface area contributed by atoms with E-state index in [2.05, 4.69) is 0 Å². The SMILES string of the molecule is O=C1O[C@H]([C@H](O)CO)[C@@H]2OC3(CCCCC3)O[C@@H]12. The summed E-state index contributed by atoms with van der Waals surface area (Å²) in [5.41, 5.74) is 0. The van der Waals surface area contributed by atoms with Crippen molar-refractivity contribution in [3.63, 3.8) is 0 Å². The minimum atomic E-state index is -1.12. The molecule has 1 saturated carbocycles. The first kappa shape index (κ1) is 12.3. The maximum Gasteiger partial charge on any atom is 0.338 e. The molecule has 3 aliphatic rings. The predicted molar refractivity (Wildman–Crippen MR) is 58.5 cm³/mol. The van der Waals surface area contributed by atoms with Gasteiger partial charge in [-0.1, -0.05) is 6.42 Å². The minimum Gasteiger partial charge on any atom is -0.455 e. The normalized spacial score (nSPS) is 39.7. The standard InChI is InChI=1S/C12H18O6/c13-6-7(14)8-9-10(11(15)16-8)18-12(17-9)4-2-1-3-5-12/h7-10,13-14H,1-6H2/t7-,8-,9+,10-/m1/s1. The highest BCUT2D eigenvalue weighted by Crippen LogP contribution is 2.44. The molecule has 2 heterocycles. The van der Waals surface area contributed by atoms with E-state index in [1.165, 1.54) is 0 Å². The Balaban J connectivity index is 1.77. The van der Waals surface area contributed by atoms with Crippen molar-refractivity contribution >= 4 is 5.97 Å². The number of carbonyl (C=O) groups is 1. The lowest BCUT2D eigenvalue weighted by molar-refractivity contribution is -0.222. The highest BCUT2D eigenvalue weighted by molar-refractivity contribution is 5.78. The third-order valence-electron chi connectivity index (χ3n) is 3.98. The van der Waals surface area contributed by atoms with Crippen molar-refractivity contribution in [3.05, 3.63) is 0 Å². The summed E-state index contributed by atoms with van der Waals surface area (Å²) in [4.78, 5) is 11.7. The van der Waals surface area contributed by atoms with Gasteiger partial charge in [-0.05, 0) is 12.8 Å². The smallest absolute Gasteiger partial charge is 0.338 e. The number of fused-ring (bicyclic) bond motifs is 1. The maximum absolute atomic E-state index is 11.7. The Morgan fingerprint density at radius 2 is 2.00 bits per heavy atom. The zero-order chi connectivity index (χ0) is 12.8. The molecule has 3 rings (SSSR count). The summed E-state index contributed by atoms with van der Waals surface area (Å²) in [5.74, 6) is -1.18. The van der Waals surface area contributed by atoms with Crippen LogP contribution in [0.25, 0.3) is 0 Å². The van der Waals surface area contributed by atoms with Crippen LogP contribution in [0.2, 0.25) is 0 Å². The number of hydrogen-bond acceptors (Lipinski definition) is 6. The maximum atomic E-state index is 11.7. The van der Waals surface area contributed by atoms with Gasteiger partial charge in [-0.15, -0.1) is 0 Å². The number of cyclic esters (lactones) is 1. The molecule has 2 N–H and O–H groups in total. The van der Waals surface area contributed by atoms with Crippen molar-refractivity contribution in [1.82, 2.24) is 0 Å². The summed E-state index contributed by atoms with van der Waals surface area (Å²) in [6.45, 7) is -0.461. The third kappa shape index (κ3) is 1.84. The number of rotatable bonds is 2. The van der Waals surface area contributed by atoms with E-state index in [1.807, 2.05) is 0 Å². The molecule has 2 saturated heterocycles. The number of aliphatic hydroxyl groups excluding tert-OH is 2. The van der Waals surface area contributed by atoms with Gasteiger partial charge < -0.3 is 24.4 Å². The lowest BCUT2D eigenvalue weighted by atomic mass is 9.94. The third-order valence-corrected chi connectivity index (χ3v) is 3.98. The van der Waals surface area contributed by atoms with Gasteiger partial charge in [0, 0.05) is 12.8 Å². The number of aliphatic hydroxyl groups is 2. The zero-order valence-corrected chi connectivity index (χ0v) is 10.1. The second kappa shape index (κ2) is 4.45. The molecule has 0 aromatic carbocycles. The first-order chi connectivity index (χ1) is 8.65. The fourth-order valence-electron chi connectivity index (χ4n) is 3.05. The largest absolute Gasteiger partial charge is 0.455 e. The van der Waals surface area contributed by atoms with E-state index in [1.54, 1.807) is 0 Å². The highest BCUT2D eigenvalue weighted by Gasteiger charge is 2.60. The Bertz CT molecular complexity index is 337. The van der Waals surface area contributed by atoms with Crippen LogP contribution in [0.5, 0.6) is 0 Å². The second-order valence-corrected chi connectivity index (χ2v) is 5.24. The Kier molecular flexibility index (Phi) is 3.05. The van der Waals surface area contributed by atoms with Crippen LogP contribution in [0, 0.1) is 0 Å². The summed E-state index contributed by atoms with van der Waals surface area (Å²) in [6, 6.07) is 0. The average Bonchev–Trinajstić information content (AvgIpc) is 2.87. The van der Waals surface area contributed by atoms with Crippen LogP contribution in [0.15, 0.2) is 0 Å². The van der Waals surface area contributed by atoms with Crippen LogP contribution >= 0.6 is 0 Å². The number of ether oxygens (including phenoxy) is 3. The molecule has 0 bridgehead atoms. The first-order valence-electron chi connectivity index (χ1n) is 6.50. The van der Waals surface area contributed by atoms with Gasteiger partial charge in [0.25, 0.3) is 0 Å². The van der Waals surface area contributed by atoms with Crippen molar-refractivity contribution in [2.45, 2.75) is 62.3 Å². The number of hydrogen-bond donors (Lipinski definition) is 2. The van der Waals surface area contributed by atoms with Gasteiger partial charge in [-0.2, -0.15) is 0 Å². The molecule has 1 aliphatic carbocycles. The molecule has 2 aliphatic heterocycles. The summed E-state index contributed by atoms with van der Waals surface area (Å²) in [6.07, 6.45) is 1.43. The molecule has 0 unspecified atom stereocenters. The summed E-state index contributed by atoms with van der Waals surface area (Å²) in [7, 11) is 0. The van der Waals surface area contributed by atoms with Gasteiger partial charge in [-0.25, -0.2) is 4.79 Å². The van der Waals surface area contributed by atoms with E-state index in [0.717, 1.165) is 32.1 Å². The molecule has 6 heteroatoms. The zero-order valence-electron chi connectivity index (χ0n) is 10.1. The molecule has 102 valence electrons. The van der Waals surface area contributed by atoms with Crippen LogP contribution in [0.4, 0.5) is 0 Å². The van der Waals surface area contributed by atoms with Gasteiger partial charge in [0.15, 0.2) is 18.0 Å². The predicted octanol–water partition coefficient (Wildman–Crippen LogP) is -0.291. The van der Waals surface area contributed by atoms with Crippen molar-refractivity contribution < 1.29 is 29.2 Å². The molecule has 0 radical (unpaired) electrons. The fourth-order valence-corrected chi connectivity index (χ4v) is 3.05. The van der Waals surface area contributed by atoms with Crippen molar-refractivity contribution in [2.75, 3.05) is 6.61 Å². The molecule has 4 atom stereocenters. The Hall–Kier alpha value is -0.690. The molecule has 0 amide bonds. The summed E-state index contributed by atoms with van der Waals surface area (Å²) < 4.78 is 16.7. The second-order valence-electron chi connectivity index (χ2n) is 5.24. The van der Waals surface area contributed by atoms with Gasteiger partial charge in [0.1, 0.15) is 12.2 Å². The molecule has 0 aromatic heterocycles. The molecular formula is C12H18O6. The molecular weight excluding hydrogens is 240 g/mol. The highest BCUT2D eigenvalue weighted by atomic mass is 16.8. The van der Waals surface area contributed by atoms with Crippen LogP contribution in [-0.2, 0) is 19.0 Å². The van der Waals surface area contributed by atoms with Gasteiger partial charge in [-0.3, -0.25) is 0 Å². The molecule has 18 heavy (non-hydrogen) atoms. The van der Waals surface area contributed by atoms with E-state index in [0.29, 0.717) is 0 Å². The number of esters is 1. The molecule has 1 spiro atoms. The van der Waals surface area contributed by atoms with E-state index >= 15 is 0 Å². The van der Waals surface area contributed by atoms with Crippen molar-refractivity contribution in [3.8, 4) is 0 Å². The fraction of sp³-hybridized carbons (Fsp3) is 0.917. The quantitative estimate of drug-likeness (QED) is 0.662. The Morgan fingerprint density at radius 3 is 2.67 bits per heavy atom. The van der Waals surface area contributed by atoms with Crippen LogP contribution in [-0.4, -0.2) is 53.0 Å². The Morgan fingerprint density at radius 1 is 1.28 bits per heavy atom. The van der Waals surface area contributed by atoms with Gasteiger partial charge >= 0.3 is 5.97 Å². The minimum absolute atomic E-state index is 0.461. The topological polar surface area (TPSA) is 85.2 Å². The first-order valence-corrected chi connectivity index (χ1v) is 6.50. The summed E-state index contributed by atoms with van der Waals surface area (Å²) >= 11 is 0. The van der Waals surface area contributed by atoms with Crippen LogP contribution < -0.4 is 0 Å². The van der Waals surface area contributed by atoms with Gasteiger partial charge in [0.05, 0.1) is 6.61 Å². The monoisotopic (exact) mass is 258 g/mol. The molecule has 0 aromatic rings. The lowest BCUT2D eigenvalue weighted by Gasteiger charge is -2.33. The average molecular weight is 258 g/mol. The van der Waals surface area contributed by atoms with Gasteiger partial charge in [0.2, 0.25) is 0 Å². The van der Waals surface area contributed by atoms with E-state index in [9.17, 15) is 9.90 Å². The van der Waals surface area contributed by atoms with Crippen molar-refractivity contribution in [1.29, 1.82) is 0 Å². The van der Waals surface area contributed by atoms with Crippen molar-refractivity contribution in [2.24, 2.45) is 0 Å².